The van der Waals surface area contributed by atoms with Crippen LogP contribution in [0.2, 0.25) is 0 Å². The second kappa shape index (κ2) is 11.4. The molecule has 0 amide bonds. The van der Waals surface area contributed by atoms with Crippen molar-refractivity contribution in [3.05, 3.63) is 53.7 Å². The van der Waals surface area contributed by atoms with Crippen molar-refractivity contribution in [3.63, 3.8) is 0 Å². The van der Waals surface area contributed by atoms with Gasteiger partial charge in [-0.05, 0) is 70.9 Å². The van der Waals surface area contributed by atoms with E-state index in [9.17, 15) is 4.79 Å². The summed E-state index contributed by atoms with van der Waals surface area (Å²) in [5.41, 5.74) is 5.99. The summed E-state index contributed by atoms with van der Waals surface area (Å²) in [5, 5.41) is 5.36. The van der Waals surface area contributed by atoms with Gasteiger partial charge in [0, 0.05) is 63.7 Å². The molecule has 3 aromatic heterocycles. The monoisotopic (exact) mass is 559 g/mol. The molecule has 5 aromatic rings. The highest BCUT2D eigenvalue weighted by molar-refractivity contribution is 7.13. The number of aryl methyl sites for hydroxylation is 2. The second-order valence-corrected chi connectivity index (χ2v) is 11.9. The molecule has 0 radical (unpaired) electrons. The van der Waals surface area contributed by atoms with Crippen molar-refractivity contribution in [2.24, 2.45) is 0 Å². The number of esters is 1. The molecule has 7 nitrogen and oxygen atoms in total. The molecule has 40 heavy (non-hydrogen) atoms. The molecular weight excluding hydrogens is 522 g/mol. The van der Waals surface area contributed by atoms with Crippen molar-refractivity contribution in [1.29, 1.82) is 0 Å². The number of carbonyl (C=O) groups excluding carboxylic acids is 1. The number of methoxy groups -OCH3 is 2. The number of ether oxygens (including phenoxy) is 3. The molecule has 0 spiro atoms. The molecule has 0 aliphatic heterocycles. The van der Waals surface area contributed by atoms with E-state index in [2.05, 4.69) is 46.3 Å². The number of carbonyl (C=O) groups is 1. The van der Waals surface area contributed by atoms with Gasteiger partial charge in [-0.15, -0.1) is 11.3 Å². The number of aromatic amines is 1. The number of benzene rings is 2. The minimum atomic E-state index is -0.438. The highest BCUT2D eigenvalue weighted by Gasteiger charge is 2.19. The molecule has 2 aromatic carbocycles. The summed E-state index contributed by atoms with van der Waals surface area (Å²) < 4.78 is 18.7. The molecule has 0 aliphatic rings. The highest BCUT2D eigenvalue weighted by Crippen LogP contribution is 2.39. The summed E-state index contributed by atoms with van der Waals surface area (Å²) >= 11 is 1.65. The molecule has 210 valence electrons. The summed E-state index contributed by atoms with van der Waals surface area (Å²) in [6.07, 6.45) is 5.37. The molecule has 8 heteroatoms. The van der Waals surface area contributed by atoms with Gasteiger partial charge in [-0.25, -0.2) is 4.98 Å². The zero-order valence-corrected chi connectivity index (χ0v) is 24.9. The topological polar surface area (TPSA) is 78.4 Å². The zero-order valence-electron chi connectivity index (χ0n) is 24.1. The van der Waals surface area contributed by atoms with Crippen LogP contribution in [0.5, 0.6) is 11.5 Å². The van der Waals surface area contributed by atoms with E-state index in [4.69, 9.17) is 19.2 Å². The quantitative estimate of drug-likeness (QED) is 0.138. The smallest absolute Gasteiger partial charge is 0.306 e. The fraction of sp³-hybridized carbons (Fsp3) is 0.375. The van der Waals surface area contributed by atoms with Crippen LogP contribution in [0.3, 0.4) is 0 Å². The van der Waals surface area contributed by atoms with Crippen LogP contribution in [0.4, 0.5) is 0 Å². The molecule has 5 rings (SSSR count). The fourth-order valence-corrected chi connectivity index (χ4v) is 5.98. The van der Waals surface area contributed by atoms with Gasteiger partial charge in [-0.2, -0.15) is 0 Å². The van der Waals surface area contributed by atoms with Gasteiger partial charge >= 0.3 is 5.97 Å². The number of H-pyrrole nitrogens is 1. The number of nitrogens with one attached hydrogen (secondary N) is 1. The van der Waals surface area contributed by atoms with Gasteiger partial charge in [0.2, 0.25) is 0 Å². The molecule has 0 saturated carbocycles. The first-order valence-corrected chi connectivity index (χ1v) is 14.6. The van der Waals surface area contributed by atoms with Crippen molar-refractivity contribution >= 4 is 39.1 Å². The molecule has 0 fully saturated rings. The van der Waals surface area contributed by atoms with E-state index in [0.29, 0.717) is 6.42 Å². The van der Waals surface area contributed by atoms with E-state index in [0.717, 1.165) is 86.6 Å². The minimum Gasteiger partial charge on any atom is -0.497 e. The normalized spacial score (nSPS) is 11.8. The molecule has 3 heterocycles. The summed E-state index contributed by atoms with van der Waals surface area (Å²) in [5.74, 6) is 1.52. The number of unbranched alkanes of at least 4 members (excludes halogenated alkanes) is 2. The van der Waals surface area contributed by atoms with Gasteiger partial charge < -0.3 is 23.8 Å². The summed E-state index contributed by atoms with van der Waals surface area (Å²) in [6, 6.07) is 12.3. The molecule has 0 bridgehead atoms. The van der Waals surface area contributed by atoms with Crippen molar-refractivity contribution in [2.45, 2.75) is 65.5 Å². The Balaban J connectivity index is 1.39. The van der Waals surface area contributed by atoms with Crippen LogP contribution in [0.15, 0.2) is 48.0 Å². The SMILES string of the molecule is COc1ccc2[nH]c(C)c(-c3csc(-c4cn(CCCCCC(=O)OC(C)(C)C)c5cc(OC)ccc45)n3)c2c1. The van der Waals surface area contributed by atoms with Gasteiger partial charge in [0.05, 0.1) is 25.4 Å². The van der Waals surface area contributed by atoms with Crippen molar-refractivity contribution in [1.82, 2.24) is 14.5 Å². The Bertz CT molecular complexity index is 1650. The summed E-state index contributed by atoms with van der Waals surface area (Å²) in [6.45, 7) is 8.63. The van der Waals surface area contributed by atoms with E-state index < -0.39 is 5.60 Å². The van der Waals surface area contributed by atoms with Gasteiger partial charge in [0.1, 0.15) is 22.1 Å². The zero-order chi connectivity index (χ0) is 28.4. The Morgan fingerprint density at radius 3 is 2.50 bits per heavy atom. The number of aromatic nitrogens is 3. The number of thiazole rings is 1. The van der Waals surface area contributed by atoms with Crippen LogP contribution in [-0.2, 0) is 16.1 Å². The number of nitrogens with zero attached hydrogens (tertiary/aromatic N) is 2. The Kier molecular flexibility index (Phi) is 7.90. The van der Waals surface area contributed by atoms with E-state index in [-0.39, 0.29) is 5.97 Å². The fourth-order valence-electron chi connectivity index (χ4n) is 5.15. The third kappa shape index (κ3) is 5.87. The largest absolute Gasteiger partial charge is 0.497 e. The number of hydrogen-bond donors (Lipinski definition) is 1. The van der Waals surface area contributed by atoms with Gasteiger partial charge in [0.25, 0.3) is 0 Å². The maximum Gasteiger partial charge on any atom is 0.306 e. The van der Waals surface area contributed by atoms with Gasteiger partial charge in [0.15, 0.2) is 0 Å². The highest BCUT2D eigenvalue weighted by atomic mass is 32.1. The van der Waals surface area contributed by atoms with Crippen molar-refractivity contribution in [3.8, 4) is 33.3 Å². The van der Waals surface area contributed by atoms with Crippen LogP contribution >= 0.6 is 11.3 Å². The number of fused-ring (bicyclic) bond motifs is 2. The first kappa shape index (κ1) is 27.8. The molecule has 0 saturated heterocycles. The van der Waals surface area contributed by atoms with Crippen LogP contribution in [0.1, 0.15) is 52.1 Å². The Hall–Kier alpha value is -3.78. The van der Waals surface area contributed by atoms with E-state index in [1.54, 1.807) is 25.6 Å². The lowest BCUT2D eigenvalue weighted by Crippen LogP contribution is -2.23. The Morgan fingerprint density at radius 1 is 1.00 bits per heavy atom. The first-order valence-electron chi connectivity index (χ1n) is 13.7. The molecule has 0 atom stereocenters. The average molecular weight is 560 g/mol. The number of rotatable bonds is 10. The predicted octanol–water partition coefficient (Wildman–Crippen LogP) is 8.14. The van der Waals surface area contributed by atoms with Gasteiger partial charge in [-0.1, -0.05) is 6.42 Å². The molecule has 0 aliphatic carbocycles. The Morgan fingerprint density at radius 2 is 1.75 bits per heavy atom. The molecule has 0 unspecified atom stereocenters. The molecule has 1 N–H and O–H groups in total. The average Bonchev–Trinajstić information content (AvgIpc) is 3.61. The van der Waals surface area contributed by atoms with E-state index in [1.165, 1.54) is 0 Å². The van der Waals surface area contributed by atoms with Crippen molar-refractivity contribution in [2.75, 3.05) is 14.2 Å². The van der Waals surface area contributed by atoms with Crippen LogP contribution in [0, 0.1) is 6.92 Å². The van der Waals surface area contributed by atoms with Crippen LogP contribution in [0.25, 0.3) is 43.6 Å². The van der Waals surface area contributed by atoms with E-state index >= 15 is 0 Å². The van der Waals surface area contributed by atoms with Crippen LogP contribution < -0.4 is 9.47 Å². The maximum absolute atomic E-state index is 12.1. The molecular formula is C32H37N3O4S. The third-order valence-corrected chi connectivity index (χ3v) is 7.85. The van der Waals surface area contributed by atoms with Crippen LogP contribution in [-0.4, -0.2) is 40.3 Å². The third-order valence-electron chi connectivity index (χ3n) is 6.97. The lowest BCUT2D eigenvalue weighted by molar-refractivity contribution is -0.154. The Labute approximate surface area is 239 Å². The lowest BCUT2D eigenvalue weighted by Gasteiger charge is -2.19. The maximum atomic E-state index is 12.1. The number of hydrogen-bond acceptors (Lipinski definition) is 6. The summed E-state index contributed by atoms with van der Waals surface area (Å²) in [7, 11) is 3.38. The lowest BCUT2D eigenvalue weighted by atomic mass is 10.1. The first-order chi connectivity index (χ1) is 19.2. The second-order valence-electron chi connectivity index (χ2n) is 11.1. The minimum absolute atomic E-state index is 0.130. The summed E-state index contributed by atoms with van der Waals surface area (Å²) in [4.78, 5) is 20.7. The van der Waals surface area contributed by atoms with Crippen molar-refractivity contribution < 1.29 is 19.0 Å². The predicted molar refractivity (Wildman–Crippen MR) is 162 cm³/mol. The van der Waals surface area contributed by atoms with E-state index in [1.807, 2.05) is 39.0 Å². The van der Waals surface area contributed by atoms with Gasteiger partial charge in [-0.3, -0.25) is 4.79 Å². The standard InChI is InChI=1S/C32H37N3O4S/c1-20-30(24-16-21(37-5)12-14-26(24)33-20)27-19-40-31(34-27)25-18-35(28-17-22(38-6)11-13-23(25)28)15-9-7-8-10-29(36)39-32(2,3)4/h11-14,16-19,33H,7-10,15H2,1-6H3.